The Morgan fingerprint density at radius 2 is 2.00 bits per heavy atom. The highest BCUT2D eigenvalue weighted by molar-refractivity contribution is 4.83. The van der Waals surface area contributed by atoms with Gasteiger partial charge < -0.3 is 10.2 Å². The number of nitrogens with one attached hydrogen (secondary N) is 1. The highest BCUT2D eigenvalue weighted by atomic mass is 15.1. The topological polar surface area (TPSA) is 15.3 Å². The first-order valence-corrected chi connectivity index (χ1v) is 6.59. The van der Waals surface area contributed by atoms with E-state index in [1.165, 1.54) is 58.4 Å². The van der Waals surface area contributed by atoms with E-state index in [2.05, 4.69) is 24.1 Å². The SMILES string of the molecule is CC1(C)CCN(CCC2CCNCC2)C1. The Bertz CT molecular complexity index is 195. The molecule has 2 aliphatic rings. The number of piperidine rings is 1. The molecule has 2 saturated heterocycles. The van der Waals surface area contributed by atoms with Gasteiger partial charge in [0, 0.05) is 6.54 Å². The first-order valence-electron chi connectivity index (χ1n) is 6.59. The van der Waals surface area contributed by atoms with Crippen LogP contribution in [0.2, 0.25) is 0 Å². The van der Waals surface area contributed by atoms with Gasteiger partial charge in [0.15, 0.2) is 0 Å². The van der Waals surface area contributed by atoms with Gasteiger partial charge in [-0.3, -0.25) is 0 Å². The maximum Gasteiger partial charge on any atom is 0.00332 e. The van der Waals surface area contributed by atoms with Crippen LogP contribution in [-0.2, 0) is 0 Å². The van der Waals surface area contributed by atoms with E-state index >= 15 is 0 Å². The minimum atomic E-state index is 0.578. The zero-order valence-corrected chi connectivity index (χ0v) is 10.4. The lowest BCUT2D eigenvalue weighted by atomic mass is 9.93. The number of rotatable bonds is 3. The largest absolute Gasteiger partial charge is 0.317 e. The third-order valence-corrected chi connectivity index (χ3v) is 4.07. The van der Waals surface area contributed by atoms with E-state index in [4.69, 9.17) is 0 Å². The number of nitrogens with zero attached hydrogens (tertiary/aromatic N) is 1. The van der Waals surface area contributed by atoms with Crippen LogP contribution in [0.15, 0.2) is 0 Å². The van der Waals surface area contributed by atoms with Crippen LogP contribution in [0.5, 0.6) is 0 Å². The van der Waals surface area contributed by atoms with Crippen molar-refractivity contribution in [1.82, 2.24) is 10.2 Å². The van der Waals surface area contributed by atoms with E-state index in [1.807, 2.05) is 0 Å². The summed E-state index contributed by atoms with van der Waals surface area (Å²) in [6.07, 6.45) is 5.62. The highest BCUT2D eigenvalue weighted by Gasteiger charge is 2.29. The molecule has 0 bridgehead atoms. The second kappa shape index (κ2) is 4.84. The van der Waals surface area contributed by atoms with Crippen LogP contribution < -0.4 is 5.32 Å². The third kappa shape index (κ3) is 3.46. The van der Waals surface area contributed by atoms with Crippen LogP contribution in [0.1, 0.15) is 39.5 Å². The van der Waals surface area contributed by atoms with Crippen molar-refractivity contribution in [2.75, 3.05) is 32.7 Å². The highest BCUT2D eigenvalue weighted by Crippen LogP contribution is 2.29. The average Bonchev–Trinajstić information content (AvgIpc) is 2.57. The quantitative estimate of drug-likeness (QED) is 0.767. The molecule has 2 heterocycles. The Morgan fingerprint density at radius 3 is 2.60 bits per heavy atom. The molecule has 0 atom stereocenters. The maximum atomic E-state index is 3.44. The summed E-state index contributed by atoms with van der Waals surface area (Å²) < 4.78 is 0. The first-order chi connectivity index (χ1) is 7.16. The molecular formula is C13H26N2. The minimum Gasteiger partial charge on any atom is -0.317 e. The molecule has 2 fully saturated rings. The van der Waals surface area contributed by atoms with Crippen LogP contribution in [0.3, 0.4) is 0 Å². The predicted molar refractivity (Wildman–Crippen MR) is 65.0 cm³/mol. The summed E-state index contributed by atoms with van der Waals surface area (Å²) in [5.41, 5.74) is 0.578. The Balaban J connectivity index is 1.65. The molecule has 2 aliphatic heterocycles. The van der Waals surface area contributed by atoms with Crippen LogP contribution in [0, 0.1) is 11.3 Å². The maximum absolute atomic E-state index is 3.44. The summed E-state index contributed by atoms with van der Waals surface area (Å²) in [5.74, 6) is 0.995. The van der Waals surface area contributed by atoms with Crippen molar-refractivity contribution in [3.05, 3.63) is 0 Å². The lowest BCUT2D eigenvalue weighted by Gasteiger charge is -2.25. The molecule has 1 N–H and O–H groups in total. The lowest BCUT2D eigenvalue weighted by Crippen LogP contribution is -2.31. The molecule has 0 amide bonds. The molecule has 15 heavy (non-hydrogen) atoms. The van der Waals surface area contributed by atoms with Gasteiger partial charge >= 0.3 is 0 Å². The third-order valence-electron chi connectivity index (χ3n) is 4.07. The zero-order chi connectivity index (χ0) is 10.7. The van der Waals surface area contributed by atoms with Gasteiger partial charge in [-0.1, -0.05) is 13.8 Å². The smallest absolute Gasteiger partial charge is 0.00332 e. The Hall–Kier alpha value is -0.0800. The molecule has 0 aromatic carbocycles. The van der Waals surface area contributed by atoms with Gasteiger partial charge in [-0.15, -0.1) is 0 Å². The summed E-state index contributed by atoms with van der Waals surface area (Å²) in [4.78, 5) is 2.67. The van der Waals surface area contributed by atoms with Gasteiger partial charge in [-0.05, 0) is 63.2 Å². The molecule has 0 aromatic heterocycles. The lowest BCUT2D eigenvalue weighted by molar-refractivity contribution is 0.250. The Morgan fingerprint density at radius 1 is 1.27 bits per heavy atom. The van der Waals surface area contributed by atoms with E-state index in [0.29, 0.717) is 5.41 Å². The standard InChI is InChI=1S/C13H26N2/c1-13(2)6-10-15(11-13)9-5-12-3-7-14-8-4-12/h12,14H,3-11H2,1-2H3. The molecule has 0 radical (unpaired) electrons. The predicted octanol–water partition coefficient (Wildman–Crippen LogP) is 2.11. The van der Waals surface area contributed by atoms with Gasteiger partial charge in [-0.2, -0.15) is 0 Å². The molecule has 2 nitrogen and oxygen atoms in total. The van der Waals surface area contributed by atoms with E-state index in [9.17, 15) is 0 Å². The van der Waals surface area contributed by atoms with Gasteiger partial charge in [0.1, 0.15) is 0 Å². The van der Waals surface area contributed by atoms with Crippen molar-refractivity contribution in [3.63, 3.8) is 0 Å². The summed E-state index contributed by atoms with van der Waals surface area (Å²) in [5, 5.41) is 3.44. The monoisotopic (exact) mass is 210 g/mol. The molecule has 0 saturated carbocycles. The molecule has 0 aromatic rings. The van der Waals surface area contributed by atoms with Crippen molar-refractivity contribution >= 4 is 0 Å². The number of hydrogen-bond donors (Lipinski definition) is 1. The zero-order valence-electron chi connectivity index (χ0n) is 10.4. The summed E-state index contributed by atoms with van der Waals surface area (Å²) in [6.45, 7) is 11.3. The minimum absolute atomic E-state index is 0.578. The van der Waals surface area contributed by atoms with Gasteiger partial charge in [0.25, 0.3) is 0 Å². The Labute approximate surface area is 94.4 Å². The fourth-order valence-electron chi connectivity index (χ4n) is 2.95. The molecule has 0 unspecified atom stereocenters. The van der Waals surface area contributed by atoms with Crippen LogP contribution in [0.4, 0.5) is 0 Å². The molecule has 0 aliphatic carbocycles. The summed E-state index contributed by atoms with van der Waals surface area (Å²) >= 11 is 0. The Kier molecular flexibility index (Phi) is 3.68. The van der Waals surface area contributed by atoms with Crippen molar-refractivity contribution in [2.24, 2.45) is 11.3 Å². The van der Waals surface area contributed by atoms with Crippen molar-refractivity contribution in [3.8, 4) is 0 Å². The molecule has 88 valence electrons. The van der Waals surface area contributed by atoms with Crippen LogP contribution in [0.25, 0.3) is 0 Å². The fourth-order valence-corrected chi connectivity index (χ4v) is 2.95. The number of likely N-dealkylation sites (tertiary alicyclic amines) is 1. The van der Waals surface area contributed by atoms with Crippen molar-refractivity contribution < 1.29 is 0 Å². The number of hydrogen-bond acceptors (Lipinski definition) is 2. The summed E-state index contributed by atoms with van der Waals surface area (Å²) in [7, 11) is 0. The van der Waals surface area contributed by atoms with E-state index in [0.717, 1.165) is 5.92 Å². The summed E-state index contributed by atoms with van der Waals surface area (Å²) in [6, 6.07) is 0. The van der Waals surface area contributed by atoms with Crippen molar-refractivity contribution in [1.29, 1.82) is 0 Å². The van der Waals surface area contributed by atoms with Crippen LogP contribution >= 0.6 is 0 Å². The molecule has 2 heteroatoms. The van der Waals surface area contributed by atoms with E-state index in [1.54, 1.807) is 0 Å². The van der Waals surface area contributed by atoms with Gasteiger partial charge in [0.05, 0.1) is 0 Å². The second-order valence-corrected chi connectivity index (χ2v) is 6.17. The normalized spacial score (nSPS) is 28.4. The van der Waals surface area contributed by atoms with Crippen LogP contribution in [-0.4, -0.2) is 37.6 Å². The first kappa shape index (κ1) is 11.4. The second-order valence-electron chi connectivity index (χ2n) is 6.17. The van der Waals surface area contributed by atoms with E-state index in [-0.39, 0.29) is 0 Å². The van der Waals surface area contributed by atoms with Gasteiger partial charge in [0.2, 0.25) is 0 Å². The van der Waals surface area contributed by atoms with Crippen molar-refractivity contribution in [2.45, 2.75) is 39.5 Å². The van der Waals surface area contributed by atoms with Gasteiger partial charge in [-0.25, -0.2) is 0 Å². The molecule has 2 rings (SSSR count). The molecule has 0 spiro atoms. The molecular weight excluding hydrogens is 184 g/mol. The van der Waals surface area contributed by atoms with E-state index < -0.39 is 0 Å². The average molecular weight is 210 g/mol. The fraction of sp³-hybridized carbons (Fsp3) is 1.00.